The number of carbonyl (C=O) groups is 1. The van der Waals surface area contributed by atoms with Gasteiger partial charge in [-0.15, -0.1) is 0 Å². The second kappa shape index (κ2) is 4.64. The molecule has 0 fully saturated rings. The predicted octanol–water partition coefficient (Wildman–Crippen LogP) is 1.02. The van der Waals surface area contributed by atoms with Gasteiger partial charge in [0.25, 0.3) is 0 Å². The molecule has 0 aliphatic rings. The lowest BCUT2D eigenvalue weighted by molar-refractivity contribution is -0.147. The van der Waals surface area contributed by atoms with Crippen molar-refractivity contribution in [3.8, 4) is 0 Å². The summed E-state index contributed by atoms with van der Waals surface area (Å²) in [5, 5.41) is 0. The second-order valence-electron chi connectivity index (χ2n) is 3.03. The van der Waals surface area contributed by atoms with E-state index in [4.69, 9.17) is 4.74 Å². The summed E-state index contributed by atoms with van der Waals surface area (Å²) in [4.78, 5) is 14.8. The van der Waals surface area contributed by atoms with Gasteiger partial charge in [-0.1, -0.05) is 0 Å². The topological polar surface area (TPSA) is 44.1 Å². The van der Waals surface area contributed by atoms with E-state index in [1.165, 1.54) is 0 Å². The molecule has 4 heteroatoms. The standard InChI is InChI=1S/C9H13N2O2/c1-8(2)13-9(12)3-5-11-6-4-10-7-11/h6-8H,3,5H2,1-2H3. The van der Waals surface area contributed by atoms with Gasteiger partial charge in [0, 0.05) is 12.7 Å². The van der Waals surface area contributed by atoms with Crippen molar-refractivity contribution in [2.75, 3.05) is 0 Å². The van der Waals surface area contributed by atoms with E-state index in [0.717, 1.165) is 0 Å². The van der Waals surface area contributed by atoms with Gasteiger partial charge in [-0.3, -0.25) is 4.79 Å². The molecule has 1 aromatic heterocycles. The minimum absolute atomic E-state index is 0.0400. The van der Waals surface area contributed by atoms with Crippen LogP contribution in [0.3, 0.4) is 0 Å². The van der Waals surface area contributed by atoms with Crippen LogP contribution in [0.4, 0.5) is 0 Å². The molecule has 0 aromatic carbocycles. The molecule has 0 saturated carbocycles. The Bertz CT molecular complexity index is 255. The van der Waals surface area contributed by atoms with Crippen molar-refractivity contribution in [2.24, 2.45) is 0 Å². The number of esters is 1. The molecular formula is C9H13N2O2. The summed E-state index contributed by atoms with van der Waals surface area (Å²) in [5.74, 6) is -0.177. The van der Waals surface area contributed by atoms with Gasteiger partial charge in [0.05, 0.1) is 18.9 Å². The summed E-state index contributed by atoms with van der Waals surface area (Å²) < 4.78 is 6.76. The minimum Gasteiger partial charge on any atom is -0.463 e. The number of carbonyl (C=O) groups excluding carboxylic acids is 1. The molecule has 0 aliphatic carbocycles. The zero-order chi connectivity index (χ0) is 9.68. The van der Waals surface area contributed by atoms with Crippen molar-refractivity contribution in [3.05, 3.63) is 18.7 Å². The molecule has 0 bridgehead atoms. The molecule has 71 valence electrons. The van der Waals surface area contributed by atoms with E-state index < -0.39 is 0 Å². The van der Waals surface area contributed by atoms with E-state index in [9.17, 15) is 4.79 Å². The summed E-state index contributed by atoms with van der Waals surface area (Å²) in [6, 6.07) is 0. The quantitative estimate of drug-likeness (QED) is 0.651. The molecule has 4 nitrogen and oxygen atoms in total. The molecule has 0 aliphatic heterocycles. The molecule has 1 radical (unpaired) electrons. The van der Waals surface area contributed by atoms with E-state index in [-0.39, 0.29) is 12.1 Å². The maximum atomic E-state index is 11.1. The highest BCUT2D eigenvalue weighted by Gasteiger charge is 2.04. The summed E-state index contributed by atoms with van der Waals surface area (Å²) in [5.41, 5.74) is 0. The van der Waals surface area contributed by atoms with Gasteiger partial charge in [-0.2, -0.15) is 0 Å². The number of aromatic nitrogens is 2. The van der Waals surface area contributed by atoms with Crippen LogP contribution < -0.4 is 0 Å². The monoisotopic (exact) mass is 181 g/mol. The Hall–Kier alpha value is -1.32. The number of nitrogens with zero attached hydrogens (tertiary/aromatic N) is 2. The van der Waals surface area contributed by atoms with E-state index in [2.05, 4.69) is 11.2 Å². The Morgan fingerprint density at radius 2 is 2.46 bits per heavy atom. The van der Waals surface area contributed by atoms with Crippen LogP contribution >= 0.6 is 0 Å². The molecule has 13 heavy (non-hydrogen) atoms. The zero-order valence-electron chi connectivity index (χ0n) is 7.86. The highest BCUT2D eigenvalue weighted by atomic mass is 16.5. The van der Waals surface area contributed by atoms with Gasteiger partial charge in [0.2, 0.25) is 0 Å². The Labute approximate surface area is 77.5 Å². The van der Waals surface area contributed by atoms with Gasteiger partial charge in [-0.05, 0) is 13.8 Å². The molecule has 0 unspecified atom stereocenters. The van der Waals surface area contributed by atoms with Crippen molar-refractivity contribution in [1.29, 1.82) is 0 Å². The highest BCUT2D eigenvalue weighted by molar-refractivity contribution is 5.69. The van der Waals surface area contributed by atoms with Crippen LogP contribution in [0.1, 0.15) is 20.3 Å². The van der Waals surface area contributed by atoms with Gasteiger partial charge in [-0.25, -0.2) is 4.98 Å². The minimum atomic E-state index is -0.177. The fourth-order valence-corrected chi connectivity index (χ4v) is 0.913. The second-order valence-corrected chi connectivity index (χ2v) is 3.03. The molecule has 0 atom stereocenters. The molecule has 1 heterocycles. The molecule has 1 rings (SSSR count). The Kier molecular flexibility index (Phi) is 3.49. The predicted molar refractivity (Wildman–Crippen MR) is 46.9 cm³/mol. The lowest BCUT2D eigenvalue weighted by atomic mass is 10.4. The van der Waals surface area contributed by atoms with Crippen molar-refractivity contribution in [2.45, 2.75) is 32.9 Å². The van der Waals surface area contributed by atoms with Crippen molar-refractivity contribution >= 4 is 5.97 Å². The highest BCUT2D eigenvalue weighted by Crippen LogP contribution is 1.96. The van der Waals surface area contributed by atoms with E-state index >= 15 is 0 Å². The molecule has 1 aromatic rings. The third kappa shape index (κ3) is 3.73. The molecule has 0 saturated heterocycles. The maximum Gasteiger partial charge on any atom is 0.307 e. The normalized spacial score (nSPS) is 10.4. The first-order valence-electron chi connectivity index (χ1n) is 4.26. The SMILES string of the molecule is CC(C)OC(=O)CCn1c[c]nc1. The average Bonchev–Trinajstić information content (AvgIpc) is 2.51. The third-order valence-electron chi connectivity index (χ3n) is 1.45. The van der Waals surface area contributed by atoms with Crippen LogP contribution in [0.25, 0.3) is 0 Å². The summed E-state index contributed by atoms with van der Waals surface area (Å²) >= 11 is 0. The Morgan fingerprint density at radius 1 is 1.69 bits per heavy atom. The van der Waals surface area contributed by atoms with Gasteiger partial charge >= 0.3 is 5.97 Å². The van der Waals surface area contributed by atoms with Crippen molar-refractivity contribution in [1.82, 2.24) is 9.55 Å². The van der Waals surface area contributed by atoms with E-state index in [0.29, 0.717) is 13.0 Å². The summed E-state index contributed by atoms with van der Waals surface area (Å²) in [6.45, 7) is 4.27. The van der Waals surface area contributed by atoms with E-state index in [1.807, 2.05) is 13.8 Å². The number of rotatable bonds is 4. The van der Waals surface area contributed by atoms with Gasteiger partial charge in [0.1, 0.15) is 6.20 Å². The van der Waals surface area contributed by atoms with Crippen LogP contribution in [-0.4, -0.2) is 21.6 Å². The van der Waals surface area contributed by atoms with Crippen LogP contribution in [0.5, 0.6) is 0 Å². The summed E-state index contributed by atoms with van der Waals surface area (Å²) in [6.07, 6.45) is 6.32. The van der Waals surface area contributed by atoms with Gasteiger partial charge < -0.3 is 9.30 Å². The molecular weight excluding hydrogens is 168 g/mol. The third-order valence-corrected chi connectivity index (χ3v) is 1.45. The Balaban J connectivity index is 2.23. The first-order valence-corrected chi connectivity index (χ1v) is 4.26. The molecule has 0 N–H and O–H groups in total. The van der Waals surface area contributed by atoms with Crippen molar-refractivity contribution < 1.29 is 9.53 Å². The Morgan fingerprint density at radius 3 is 3.00 bits per heavy atom. The van der Waals surface area contributed by atoms with Crippen LogP contribution in [-0.2, 0) is 16.1 Å². The van der Waals surface area contributed by atoms with Crippen LogP contribution in [0.2, 0.25) is 0 Å². The number of aryl methyl sites for hydroxylation is 1. The molecule has 0 amide bonds. The summed E-state index contributed by atoms with van der Waals surface area (Å²) in [7, 11) is 0. The number of hydrogen-bond acceptors (Lipinski definition) is 3. The van der Waals surface area contributed by atoms with E-state index in [1.54, 1.807) is 17.1 Å². The maximum absolute atomic E-state index is 11.1. The lowest BCUT2D eigenvalue weighted by Crippen LogP contribution is -2.13. The molecule has 0 spiro atoms. The number of ether oxygens (including phenoxy) is 1. The van der Waals surface area contributed by atoms with Crippen molar-refractivity contribution in [3.63, 3.8) is 0 Å². The lowest BCUT2D eigenvalue weighted by Gasteiger charge is -2.07. The first kappa shape index (κ1) is 9.77. The zero-order valence-corrected chi connectivity index (χ0v) is 7.86. The fraction of sp³-hybridized carbons (Fsp3) is 0.556. The van der Waals surface area contributed by atoms with Crippen LogP contribution in [0.15, 0.2) is 12.5 Å². The van der Waals surface area contributed by atoms with Gasteiger partial charge in [0.15, 0.2) is 0 Å². The largest absolute Gasteiger partial charge is 0.463 e. The average molecular weight is 181 g/mol. The first-order chi connectivity index (χ1) is 6.18. The number of imidazole rings is 1. The van der Waals surface area contributed by atoms with Crippen LogP contribution in [0, 0.1) is 6.20 Å². The smallest absolute Gasteiger partial charge is 0.307 e. The fourth-order valence-electron chi connectivity index (χ4n) is 0.913. The number of hydrogen-bond donors (Lipinski definition) is 0.